The van der Waals surface area contributed by atoms with Gasteiger partial charge >= 0.3 is 5.97 Å². The summed E-state index contributed by atoms with van der Waals surface area (Å²) < 4.78 is 13.6. The fraction of sp³-hybridized carbons (Fsp3) is 0.0909. The molecular formula is C22H16N4O3S2. The quantitative estimate of drug-likeness (QED) is 0.354. The zero-order valence-electron chi connectivity index (χ0n) is 16.1. The second kappa shape index (κ2) is 8.10. The minimum Gasteiger partial charge on any atom is -0.611 e. The van der Waals surface area contributed by atoms with Crippen LogP contribution in [0, 0.1) is 0 Å². The standard InChI is InChI=1S/C22H16N4O3S2/c27-21(28)18-6-3-5-15(23-18)13-8-9-20-14(12-13)16(10-11-31(20)29)25-26-22-24-17-4-1-2-7-19(17)30-22/h1-9,12H,10-11H2,(H,24,26)(H,27,28)/b25-16+. The Hall–Kier alpha value is -3.27. The molecule has 5 rings (SSSR count). The SMILES string of the molecule is O=C(O)c1cccc(-c2ccc3c(c2)/C(=N/Nc2nc4ccccc4s2)CC[S+]3[O-])n1. The molecule has 1 atom stereocenters. The van der Waals surface area contributed by atoms with Gasteiger partial charge in [0.1, 0.15) is 11.4 Å². The van der Waals surface area contributed by atoms with E-state index in [0.29, 0.717) is 27.9 Å². The van der Waals surface area contributed by atoms with Gasteiger partial charge in [-0.1, -0.05) is 29.5 Å². The van der Waals surface area contributed by atoms with E-state index >= 15 is 0 Å². The van der Waals surface area contributed by atoms with E-state index in [-0.39, 0.29) is 5.69 Å². The van der Waals surface area contributed by atoms with Crippen molar-refractivity contribution in [1.82, 2.24) is 9.97 Å². The highest BCUT2D eigenvalue weighted by atomic mass is 32.2. The van der Waals surface area contributed by atoms with Crippen LogP contribution in [0.3, 0.4) is 0 Å². The van der Waals surface area contributed by atoms with Crippen molar-refractivity contribution in [3.8, 4) is 11.3 Å². The van der Waals surface area contributed by atoms with Crippen LogP contribution in [0.4, 0.5) is 5.13 Å². The Labute approximate surface area is 184 Å². The molecule has 0 saturated carbocycles. The number of para-hydroxylation sites is 1. The van der Waals surface area contributed by atoms with Crippen molar-refractivity contribution < 1.29 is 14.5 Å². The van der Waals surface area contributed by atoms with Crippen molar-refractivity contribution in [3.63, 3.8) is 0 Å². The third-order valence-corrected chi connectivity index (χ3v) is 7.27. The third kappa shape index (κ3) is 3.90. The van der Waals surface area contributed by atoms with Gasteiger partial charge in [-0.25, -0.2) is 14.8 Å². The molecule has 0 radical (unpaired) electrons. The number of pyridine rings is 1. The lowest BCUT2D eigenvalue weighted by molar-refractivity contribution is 0.0690. The maximum absolute atomic E-state index is 12.5. The number of hydrazone groups is 1. The van der Waals surface area contributed by atoms with Gasteiger partial charge in [0.15, 0.2) is 4.90 Å². The number of aromatic carboxylic acids is 1. The monoisotopic (exact) mass is 448 g/mol. The number of benzene rings is 2. The molecule has 2 aromatic heterocycles. The van der Waals surface area contributed by atoms with Crippen LogP contribution in [-0.2, 0) is 11.2 Å². The van der Waals surface area contributed by atoms with Gasteiger partial charge in [0.05, 0.1) is 27.2 Å². The van der Waals surface area contributed by atoms with Gasteiger partial charge in [-0.2, -0.15) is 5.10 Å². The Kier molecular flexibility index (Phi) is 5.14. The number of fused-ring (bicyclic) bond motifs is 2. The summed E-state index contributed by atoms with van der Waals surface area (Å²) in [6.45, 7) is 0. The van der Waals surface area contributed by atoms with E-state index in [4.69, 9.17) is 0 Å². The lowest BCUT2D eigenvalue weighted by Gasteiger charge is -2.21. The molecule has 1 unspecified atom stereocenters. The zero-order valence-corrected chi connectivity index (χ0v) is 17.7. The predicted octanol–water partition coefficient (Wildman–Crippen LogP) is 4.38. The van der Waals surface area contributed by atoms with Crippen molar-refractivity contribution in [2.45, 2.75) is 11.3 Å². The van der Waals surface area contributed by atoms with Crippen LogP contribution in [-0.4, -0.2) is 37.1 Å². The van der Waals surface area contributed by atoms with E-state index < -0.39 is 17.1 Å². The highest BCUT2D eigenvalue weighted by molar-refractivity contribution is 7.91. The van der Waals surface area contributed by atoms with Crippen molar-refractivity contribution in [2.24, 2.45) is 5.10 Å². The molecule has 7 nitrogen and oxygen atoms in total. The molecule has 1 aliphatic heterocycles. The number of carbonyl (C=O) groups is 1. The highest BCUT2D eigenvalue weighted by Crippen LogP contribution is 2.31. The second-order valence-corrected chi connectivity index (χ2v) is 9.45. The van der Waals surface area contributed by atoms with Crippen molar-refractivity contribution in [2.75, 3.05) is 11.2 Å². The van der Waals surface area contributed by atoms with E-state index in [2.05, 4.69) is 20.5 Å². The number of nitrogens with one attached hydrogen (secondary N) is 1. The van der Waals surface area contributed by atoms with E-state index in [0.717, 1.165) is 27.1 Å². The molecule has 154 valence electrons. The van der Waals surface area contributed by atoms with E-state index in [1.54, 1.807) is 12.1 Å². The fourth-order valence-corrected chi connectivity index (χ4v) is 5.46. The van der Waals surface area contributed by atoms with Crippen molar-refractivity contribution in [3.05, 3.63) is 71.9 Å². The van der Waals surface area contributed by atoms with Gasteiger partial charge in [-0.15, -0.1) is 0 Å². The molecule has 0 spiro atoms. The zero-order chi connectivity index (χ0) is 21.4. The largest absolute Gasteiger partial charge is 0.611 e. The molecule has 9 heteroatoms. The van der Waals surface area contributed by atoms with Crippen molar-refractivity contribution >= 4 is 49.5 Å². The number of nitrogens with zero attached hydrogens (tertiary/aromatic N) is 3. The number of rotatable bonds is 4. The van der Waals surface area contributed by atoms with Gasteiger partial charge in [0.25, 0.3) is 0 Å². The summed E-state index contributed by atoms with van der Waals surface area (Å²) in [6, 6.07) is 18.2. The Morgan fingerprint density at radius 1 is 1.13 bits per heavy atom. The number of hydrogen-bond acceptors (Lipinski definition) is 7. The van der Waals surface area contributed by atoms with Crippen LogP contribution in [0.2, 0.25) is 0 Å². The normalized spacial score (nSPS) is 16.9. The lowest BCUT2D eigenvalue weighted by Crippen LogP contribution is -2.23. The van der Waals surface area contributed by atoms with Crippen molar-refractivity contribution in [1.29, 1.82) is 0 Å². The summed E-state index contributed by atoms with van der Waals surface area (Å²) in [5.41, 5.74) is 6.77. The first-order chi connectivity index (χ1) is 15.1. The smallest absolute Gasteiger partial charge is 0.354 e. The molecule has 0 saturated heterocycles. The molecule has 0 amide bonds. The summed E-state index contributed by atoms with van der Waals surface area (Å²) in [4.78, 5) is 20.7. The van der Waals surface area contributed by atoms with Gasteiger partial charge in [0.2, 0.25) is 5.13 Å². The first-order valence-electron chi connectivity index (χ1n) is 9.50. The van der Waals surface area contributed by atoms with Gasteiger partial charge in [-0.3, -0.25) is 5.43 Å². The van der Waals surface area contributed by atoms with Crippen LogP contribution in [0.25, 0.3) is 21.5 Å². The average molecular weight is 449 g/mol. The van der Waals surface area contributed by atoms with E-state index in [9.17, 15) is 14.5 Å². The first kappa shape index (κ1) is 19.7. The molecular weight excluding hydrogens is 432 g/mol. The Balaban J connectivity index is 1.51. The molecule has 0 bridgehead atoms. The molecule has 2 aromatic carbocycles. The lowest BCUT2D eigenvalue weighted by atomic mass is 10.0. The number of carboxylic acid groups (broad SMARTS) is 1. The summed E-state index contributed by atoms with van der Waals surface area (Å²) in [5, 5.41) is 14.5. The van der Waals surface area contributed by atoms with Gasteiger partial charge < -0.3 is 9.66 Å². The first-order valence-corrected chi connectivity index (χ1v) is 11.6. The fourth-order valence-electron chi connectivity index (χ4n) is 3.41. The summed E-state index contributed by atoms with van der Waals surface area (Å²) in [5.74, 6) is -0.581. The number of thiazole rings is 1. The van der Waals surface area contributed by atoms with Crippen LogP contribution < -0.4 is 5.43 Å². The molecule has 0 fully saturated rings. The van der Waals surface area contributed by atoms with Gasteiger partial charge in [0, 0.05) is 12.0 Å². The number of carboxylic acids is 1. The maximum atomic E-state index is 12.5. The Bertz CT molecular complexity index is 1300. The predicted molar refractivity (Wildman–Crippen MR) is 122 cm³/mol. The molecule has 1 aliphatic rings. The van der Waals surface area contributed by atoms with Gasteiger partial charge in [-0.05, 0) is 53.6 Å². The minimum absolute atomic E-state index is 0.0230. The minimum atomic E-state index is -1.11. The summed E-state index contributed by atoms with van der Waals surface area (Å²) >= 11 is 0.408. The van der Waals surface area contributed by atoms with Crippen LogP contribution in [0.1, 0.15) is 22.5 Å². The number of anilines is 1. The molecule has 4 aromatic rings. The molecule has 3 heterocycles. The second-order valence-electron chi connectivity index (χ2n) is 6.88. The topological polar surface area (TPSA) is 111 Å². The Morgan fingerprint density at radius 3 is 2.84 bits per heavy atom. The average Bonchev–Trinajstić information content (AvgIpc) is 3.21. The van der Waals surface area contributed by atoms with Crippen LogP contribution >= 0.6 is 11.3 Å². The third-order valence-electron chi connectivity index (χ3n) is 4.90. The number of hydrogen-bond donors (Lipinski definition) is 2. The molecule has 0 aliphatic carbocycles. The summed E-state index contributed by atoms with van der Waals surface area (Å²) in [7, 11) is 0. The molecule has 2 N–H and O–H groups in total. The summed E-state index contributed by atoms with van der Waals surface area (Å²) in [6.07, 6.45) is 0.559. The maximum Gasteiger partial charge on any atom is 0.354 e. The number of aromatic nitrogens is 2. The van der Waals surface area contributed by atoms with E-state index in [1.807, 2.05) is 42.5 Å². The Morgan fingerprint density at radius 2 is 2.00 bits per heavy atom. The highest BCUT2D eigenvalue weighted by Gasteiger charge is 2.27. The molecule has 31 heavy (non-hydrogen) atoms. The van der Waals surface area contributed by atoms with Crippen LogP contribution in [0.5, 0.6) is 0 Å². The van der Waals surface area contributed by atoms with Crippen LogP contribution in [0.15, 0.2) is 70.7 Å². The van der Waals surface area contributed by atoms with E-state index in [1.165, 1.54) is 17.4 Å².